The molecular formula is C22H23N3O3. The first-order valence-electron chi connectivity index (χ1n) is 9.33. The van der Waals surface area contributed by atoms with Crippen LogP contribution in [0, 0.1) is 0 Å². The van der Waals surface area contributed by atoms with Gasteiger partial charge in [0.05, 0.1) is 32.0 Å². The van der Waals surface area contributed by atoms with E-state index in [0.29, 0.717) is 5.92 Å². The molecule has 4 rings (SSSR count). The molecule has 2 aromatic carbocycles. The summed E-state index contributed by atoms with van der Waals surface area (Å²) in [4.78, 5) is 12.7. The molecule has 0 bridgehead atoms. The molecule has 1 aliphatic rings. The first-order chi connectivity index (χ1) is 13.7. The smallest absolute Gasteiger partial charge is 0.228 e. The highest BCUT2D eigenvalue weighted by Crippen LogP contribution is 2.45. The van der Waals surface area contributed by atoms with Crippen LogP contribution in [0.5, 0.6) is 11.5 Å². The van der Waals surface area contributed by atoms with Gasteiger partial charge in [0.15, 0.2) is 0 Å². The fourth-order valence-corrected chi connectivity index (χ4v) is 3.24. The minimum Gasteiger partial charge on any atom is -0.497 e. The van der Waals surface area contributed by atoms with E-state index < -0.39 is 0 Å². The number of aromatic nitrogens is 2. The van der Waals surface area contributed by atoms with Gasteiger partial charge in [-0.2, -0.15) is 5.10 Å². The van der Waals surface area contributed by atoms with E-state index in [2.05, 4.69) is 15.5 Å². The topological polar surface area (TPSA) is 76.2 Å². The Morgan fingerprint density at radius 2 is 1.86 bits per heavy atom. The van der Waals surface area contributed by atoms with Crippen molar-refractivity contribution in [3.63, 3.8) is 0 Å². The molecule has 0 unspecified atom stereocenters. The van der Waals surface area contributed by atoms with E-state index >= 15 is 0 Å². The zero-order valence-corrected chi connectivity index (χ0v) is 16.0. The summed E-state index contributed by atoms with van der Waals surface area (Å²) in [5.74, 6) is 1.89. The quantitative estimate of drug-likeness (QED) is 0.648. The number of ether oxygens (including phenoxy) is 2. The average molecular weight is 377 g/mol. The standard InChI is InChI=1S/C22H23N3O3/c1-27-17-10-6-14(7-11-17)12-19(26)23-22-20(15-8-9-15)24-25-21(22)16-4-3-5-18(13-16)28-2/h3-7,10-11,13,15H,8-9,12H2,1-2H3,(H,23,26)(H,24,25). The summed E-state index contributed by atoms with van der Waals surface area (Å²) in [6, 6.07) is 15.2. The Hall–Kier alpha value is -3.28. The summed E-state index contributed by atoms with van der Waals surface area (Å²) in [6.07, 6.45) is 2.51. The van der Waals surface area contributed by atoms with Crippen LogP contribution < -0.4 is 14.8 Å². The molecular weight excluding hydrogens is 354 g/mol. The van der Waals surface area contributed by atoms with Crippen molar-refractivity contribution in [1.29, 1.82) is 0 Å². The van der Waals surface area contributed by atoms with E-state index in [1.165, 1.54) is 0 Å². The number of benzene rings is 2. The summed E-state index contributed by atoms with van der Waals surface area (Å²) in [7, 11) is 3.26. The fourth-order valence-electron chi connectivity index (χ4n) is 3.24. The number of hydrogen-bond acceptors (Lipinski definition) is 4. The zero-order valence-electron chi connectivity index (χ0n) is 16.0. The molecule has 28 heavy (non-hydrogen) atoms. The molecule has 6 nitrogen and oxygen atoms in total. The Morgan fingerprint density at radius 1 is 1.11 bits per heavy atom. The second-order valence-corrected chi connectivity index (χ2v) is 6.94. The van der Waals surface area contributed by atoms with Gasteiger partial charge in [-0.05, 0) is 42.7 Å². The molecule has 2 N–H and O–H groups in total. The van der Waals surface area contributed by atoms with Crippen LogP contribution in [0.15, 0.2) is 48.5 Å². The van der Waals surface area contributed by atoms with Gasteiger partial charge in [-0.15, -0.1) is 0 Å². The van der Waals surface area contributed by atoms with Crippen LogP contribution in [0.3, 0.4) is 0 Å². The third-order valence-corrected chi connectivity index (χ3v) is 4.91. The molecule has 1 heterocycles. The zero-order chi connectivity index (χ0) is 19.5. The number of nitrogens with one attached hydrogen (secondary N) is 2. The summed E-state index contributed by atoms with van der Waals surface area (Å²) in [6.45, 7) is 0. The number of carbonyl (C=O) groups is 1. The second-order valence-electron chi connectivity index (χ2n) is 6.94. The second kappa shape index (κ2) is 7.76. The first-order valence-corrected chi connectivity index (χ1v) is 9.33. The van der Waals surface area contributed by atoms with Crippen molar-refractivity contribution in [2.45, 2.75) is 25.2 Å². The SMILES string of the molecule is COc1ccc(CC(=O)Nc2c(-c3cccc(OC)c3)n[nH]c2C2CC2)cc1. The number of amides is 1. The van der Waals surface area contributed by atoms with Gasteiger partial charge < -0.3 is 14.8 Å². The van der Waals surface area contributed by atoms with Gasteiger partial charge in [-0.1, -0.05) is 24.3 Å². The van der Waals surface area contributed by atoms with Crippen molar-refractivity contribution in [3.8, 4) is 22.8 Å². The Labute approximate surface area is 163 Å². The molecule has 3 aromatic rings. The van der Waals surface area contributed by atoms with Crippen molar-refractivity contribution in [2.24, 2.45) is 0 Å². The predicted octanol–water partition coefficient (Wildman–Crippen LogP) is 4.15. The third kappa shape index (κ3) is 3.86. The summed E-state index contributed by atoms with van der Waals surface area (Å²) in [5, 5.41) is 10.7. The highest BCUT2D eigenvalue weighted by Gasteiger charge is 2.31. The molecule has 144 valence electrons. The molecule has 6 heteroatoms. The molecule has 0 saturated heterocycles. The number of nitrogens with zero attached hydrogens (tertiary/aromatic N) is 1. The van der Waals surface area contributed by atoms with Crippen LogP contribution in [0.25, 0.3) is 11.3 Å². The van der Waals surface area contributed by atoms with Crippen molar-refractivity contribution in [1.82, 2.24) is 10.2 Å². The molecule has 0 spiro atoms. The Kier molecular flexibility index (Phi) is 5.02. The fraction of sp³-hybridized carbons (Fsp3) is 0.273. The Balaban J connectivity index is 1.58. The minimum absolute atomic E-state index is 0.0717. The van der Waals surface area contributed by atoms with Crippen molar-refractivity contribution in [3.05, 3.63) is 59.8 Å². The van der Waals surface area contributed by atoms with E-state index in [0.717, 1.165) is 52.5 Å². The van der Waals surface area contributed by atoms with Gasteiger partial charge >= 0.3 is 0 Å². The maximum atomic E-state index is 12.7. The van der Waals surface area contributed by atoms with E-state index in [1.807, 2.05) is 48.5 Å². The highest BCUT2D eigenvalue weighted by atomic mass is 16.5. The molecule has 1 aliphatic carbocycles. The molecule has 1 fully saturated rings. The third-order valence-electron chi connectivity index (χ3n) is 4.91. The lowest BCUT2D eigenvalue weighted by Gasteiger charge is -2.10. The van der Waals surface area contributed by atoms with E-state index in [-0.39, 0.29) is 12.3 Å². The lowest BCUT2D eigenvalue weighted by molar-refractivity contribution is -0.115. The lowest BCUT2D eigenvalue weighted by Crippen LogP contribution is -2.15. The lowest BCUT2D eigenvalue weighted by atomic mass is 10.1. The molecule has 1 aromatic heterocycles. The number of carbonyl (C=O) groups excluding carboxylic acids is 1. The summed E-state index contributed by atoms with van der Waals surface area (Å²) >= 11 is 0. The number of anilines is 1. The minimum atomic E-state index is -0.0717. The normalized spacial score (nSPS) is 13.2. The molecule has 1 amide bonds. The van der Waals surface area contributed by atoms with Crippen LogP contribution in [0.1, 0.15) is 30.0 Å². The van der Waals surface area contributed by atoms with Gasteiger partial charge in [0.25, 0.3) is 0 Å². The molecule has 0 aliphatic heterocycles. The van der Waals surface area contributed by atoms with Crippen molar-refractivity contribution < 1.29 is 14.3 Å². The molecule has 1 saturated carbocycles. The van der Waals surface area contributed by atoms with E-state index in [1.54, 1.807) is 14.2 Å². The molecule has 0 atom stereocenters. The first kappa shape index (κ1) is 18.1. The van der Waals surface area contributed by atoms with Gasteiger partial charge in [-0.25, -0.2) is 0 Å². The average Bonchev–Trinajstić information content (AvgIpc) is 3.49. The summed E-state index contributed by atoms with van der Waals surface area (Å²) < 4.78 is 10.5. The van der Waals surface area contributed by atoms with Crippen LogP contribution in [0.2, 0.25) is 0 Å². The number of hydrogen-bond donors (Lipinski definition) is 2. The van der Waals surface area contributed by atoms with Gasteiger partial charge in [0.2, 0.25) is 5.91 Å². The number of H-pyrrole nitrogens is 1. The van der Waals surface area contributed by atoms with Crippen LogP contribution in [0.4, 0.5) is 5.69 Å². The predicted molar refractivity (Wildman–Crippen MR) is 108 cm³/mol. The number of methoxy groups -OCH3 is 2. The van der Waals surface area contributed by atoms with Crippen LogP contribution in [-0.4, -0.2) is 30.3 Å². The highest BCUT2D eigenvalue weighted by molar-refractivity contribution is 5.97. The van der Waals surface area contributed by atoms with E-state index in [9.17, 15) is 4.79 Å². The summed E-state index contributed by atoms with van der Waals surface area (Å²) in [5.41, 5.74) is 4.35. The monoisotopic (exact) mass is 377 g/mol. The van der Waals surface area contributed by atoms with Gasteiger partial charge in [-0.3, -0.25) is 9.89 Å². The largest absolute Gasteiger partial charge is 0.497 e. The van der Waals surface area contributed by atoms with Gasteiger partial charge in [0.1, 0.15) is 17.2 Å². The van der Waals surface area contributed by atoms with Crippen LogP contribution >= 0.6 is 0 Å². The van der Waals surface area contributed by atoms with Gasteiger partial charge in [0, 0.05) is 11.5 Å². The van der Waals surface area contributed by atoms with Crippen LogP contribution in [-0.2, 0) is 11.2 Å². The number of aromatic amines is 1. The van der Waals surface area contributed by atoms with E-state index in [4.69, 9.17) is 9.47 Å². The maximum Gasteiger partial charge on any atom is 0.228 e. The number of rotatable bonds is 7. The maximum absolute atomic E-state index is 12.7. The Bertz CT molecular complexity index is 975. The van der Waals surface area contributed by atoms with Crippen molar-refractivity contribution in [2.75, 3.05) is 19.5 Å². The Morgan fingerprint density at radius 3 is 2.54 bits per heavy atom. The molecule has 0 radical (unpaired) electrons. The van der Waals surface area contributed by atoms with Crippen molar-refractivity contribution >= 4 is 11.6 Å².